The summed E-state index contributed by atoms with van der Waals surface area (Å²) < 4.78 is 11.9. The van der Waals surface area contributed by atoms with Gasteiger partial charge in [-0.3, -0.25) is 4.79 Å². The molecule has 2 heterocycles. The van der Waals surface area contributed by atoms with Gasteiger partial charge in [-0.2, -0.15) is 4.99 Å². The van der Waals surface area contributed by atoms with Crippen LogP contribution in [0.4, 0.5) is 5.69 Å². The minimum Gasteiger partial charge on any atom is -0.424 e. The van der Waals surface area contributed by atoms with Gasteiger partial charge >= 0.3 is 11.3 Å². The predicted molar refractivity (Wildman–Crippen MR) is 106 cm³/mol. The van der Waals surface area contributed by atoms with E-state index in [1.54, 1.807) is 12.1 Å². The van der Waals surface area contributed by atoms with Crippen molar-refractivity contribution in [3.63, 3.8) is 0 Å². The molecule has 140 valence electrons. The summed E-state index contributed by atoms with van der Waals surface area (Å²) in [6.45, 7) is 3.90. The smallest absolute Gasteiger partial charge is 0.353 e. The van der Waals surface area contributed by atoms with Crippen LogP contribution >= 0.6 is 11.6 Å². The number of aryl methyl sites for hydroxylation is 2. The molecule has 0 aliphatic heterocycles. The summed E-state index contributed by atoms with van der Waals surface area (Å²) in [5.41, 5.74) is 1.80. The Bertz CT molecular complexity index is 1360. The molecule has 0 amide bonds. The molecular formula is C21H15ClN2O4. The molecule has 28 heavy (non-hydrogen) atoms. The lowest BCUT2D eigenvalue weighted by molar-refractivity contribution is 0.470. The van der Waals surface area contributed by atoms with Gasteiger partial charge < -0.3 is 8.83 Å². The zero-order valence-electron chi connectivity index (χ0n) is 15.1. The highest BCUT2D eigenvalue weighted by atomic mass is 35.5. The maximum Gasteiger partial charge on any atom is 0.353 e. The molecule has 0 saturated heterocycles. The van der Waals surface area contributed by atoms with Gasteiger partial charge in [0.1, 0.15) is 0 Å². The van der Waals surface area contributed by atoms with Crippen LogP contribution in [0.25, 0.3) is 16.7 Å². The van der Waals surface area contributed by atoms with Gasteiger partial charge in [0.25, 0.3) is 5.56 Å². The number of fused-ring (bicyclic) bond motifs is 1. The molecule has 6 nitrogen and oxygen atoms in total. The third-order valence-electron chi connectivity index (χ3n) is 4.25. The van der Waals surface area contributed by atoms with Crippen molar-refractivity contribution in [3.8, 4) is 5.69 Å². The molecule has 4 aromatic rings. The van der Waals surface area contributed by atoms with Crippen molar-refractivity contribution >= 4 is 28.3 Å². The first-order valence-electron chi connectivity index (χ1n) is 8.50. The highest BCUT2D eigenvalue weighted by molar-refractivity contribution is 6.29. The molecule has 0 N–H and O–H groups in total. The Balaban J connectivity index is 2.13. The van der Waals surface area contributed by atoms with E-state index in [2.05, 4.69) is 4.99 Å². The fourth-order valence-corrected chi connectivity index (χ4v) is 2.95. The van der Waals surface area contributed by atoms with E-state index < -0.39 is 11.2 Å². The van der Waals surface area contributed by atoms with Crippen LogP contribution in [0.1, 0.15) is 11.1 Å². The highest BCUT2D eigenvalue weighted by Gasteiger charge is 2.16. The molecule has 2 aromatic carbocycles. The van der Waals surface area contributed by atoms with Crippen molar-refractivity contribution < 1.29 is 8.83 Å². The third kappa shape index (κ3) is 3.30. The van der Waals surface area contributed by atoms with E-state index in [1.807, 2.05) is 50.2 Å². The van der Waals surface area contributed by atoms with Crippen LogP contribution in [0.2, 0.25) is 5.22 Å². The fourth-order valence-electron chi connectivity index (χ4n) is 2.78. The number of hydrogen-bond acceptors (Lipinski definition) is 5. The van der Waals surface area contributed by atoms with Crippen molar-refractivity contribution in [1.29, 1.82) is 0 Å². The van der Waals surface area contributed by atoms with Gasteiger partial charge in [-0.25, -0.2) is 9.36 Å². The Labute approximate surface area is 164 Å². The number of hydrogen-bond donors (Lipinski definition) is 0. The fraction of sp³-hybridized carbons (Fsp3) is 0.0952. The van der Waals surface area contributed by atoms with Crippen LogP contribution in [0.15, 0.2) is 78.0 Å². The first kappa shape index (κ1) is 18.0. The Hall–Kier alpha value is -3.38. The monoisotopic (exact) mass is 394 g/mol. The van der Waals surface area contributed by atoms with Crippen molar-refractivity contribution in [2.75, 3.05) is 0 Å². The van der Waals surface area contributed by atoms with E-state index in [4.69, 9.17) is 20.4 Å². The van der Waals surface area contributed by atoms with Crippen LogP contribution in [0.3, 0.4) is 0 Å². The van der Waals surface area contributed by atoms with E-state index in [9.17, 15) is 9.59 Å². The molecule has 0 unspecified atom stereocenters. The lowest BCUT2D eigenvalue weighted by atomic mass is 10.2. The van der Waals surface area contributed by atoms with Gasteiger partial charge in [-0.1, -0.05) is 35.4 Å². The molecule has 0 aliphatic rings. The molecule has 0 radical (unpaired) electrons. The second-order valence-electron chi connectivity index (χ2n) is 6.39. The quantitative estimate of drug-likeness (QED) is 0.514. The summed E-state index contributed by atoms with van der Waals surface area (Å²) in [5.74, 6) is 0. The molecule has 0 fully saturated rings. The average molecular weight is 395 g/mol. The molecule has 2 aromatic heterocycles. The predicted octanol–water partition coefficient (Wildman–Crippen LogP) is 4.04. The summed E-state index contributed by atoms with van der Waals surface area (Å²) >= 11 is 5.81. The Kier molecular flexibility index (Phi) is 4.49. The summed E-state index contributed by atoms with van der Waals surface area (Å²) in [7, 11) is 0. The molecule has 7 heteroatoms. The summed E-state index contributed by atoms with van der Waals surface area (Å²) in [6.07, 6.45) is 0. The van der Waals surface area contributed by atoms with Crippen molar-refractivity contribution in [2.24, 2.45) is 4.99 Å². The van der Waals surface area contributed by atoms with Crippen LogP contribution in [-0.4, -0.2) is 4.57 Å². The van der Waals surface area contributed by atoms with Crippen molar-refractivity contribution in [2.45, 2.75) is 13.8 Å². The Morgan fingerprint density at radius 1 is 0.893 bits per heavy atom. The van der Waals surface area contributed by atoms with E-state index in [0.29, 0.717) is 11.4 Å². The van der Waals surface area contributed by atoms with Crippen molar-refractivity contribution in [1.82, 2.24) is 4.57 Å². The van der Waals surface area contributed by atoms with E-state index in [1.165, 1.54) is 10.6 Å². The maximum atomic E-state index is 13.2. The first-order chi connectivity index (χ1) is 13.4. The third-order valence-corrected chi connectivity index (χ3v) is 4.43. The zero-order chi connectivity index (χ0) is 19.8. The second-order valence-corrected chi connectivity index (χ2v) is 6.76. The summed E-state index contributed by atoms with van der Waals surface area (Å²) in [6, 6.07) is 15.9. The SMILES string of the molecule is Cc1ccc(N=c2oc3cc(Cl)oc(=O)c3c(=O)n2-c2ccc(C)cc2)cc1. The highest BCUT2D eigenvalue weighted by Crippen LogP contribution is 2.15. The zero-order valence-corrected chi connectivity index (χ0v) is 15.9. The summed E-state index contributed by atoms with van der Waals surface area (Å²) in [5, 5.41) is -0.400. The molecular weight excluding hydrogens is 380 g/mol. The lowest BCUT2D eigenvalue weighted by Crippen LogP contribution is -2.34. The Morgan fingerprint density at radius 2 is 1.50 bits per heavy atom. The lowest BCUT2D eigenvalue weighted by Gasteiger charge is -2.08. The average Bonchev–Trinajstić information content (AvgIpc) is 2.64. The number of aromatic nitrogens is 1. The maximum absolute atomic E-state index is 13.2. The van der Waals surface area contributed by atoms with Gasteiger partial charge in [-0.05, 0) is 49.7 Å². The van der Waals surface area contributed by atoms with Gasteiger partial charge in [0.05, 0.1) is 11.4 Å². The number of nitrogens with zero attached hydrogens (tertiary/aromatic N) is 2. The minimum atomic E-state index is -0.862. The molecule has 0 spiro atoms. The standard InChI is InChI=1S/C21H15ClN2O4/c1-12-3-7-14(8-4-12)23-21-24(15-9-5-13(2)6-10-15)19(25)18-16(27-21)11-17(22)28-20(18)26/h3-11H,1-2H3. The van der Waals surface area contributed by atoms with Crippen LogP contribution in [0.5, 0.6) is 0 Å². The van der Waals surface area contributed by atoms with Crippen molar-refractivity contribution in [3.05, 3.63) is 97.4 Å². The molecule has 0 aliphatic carbocycles. The van der Waals surface area contributed by atoms with E-state index in [0.717, 1.165) is 11.1 Å². The Morgan fingerprint density at radius 3 is 2.14 bits per heavy atom. The molecule has 0 bridgehead atoms. The first-order valence-corrected chi connectivity index (χ1v) is 8.88. The van der Waals surface area contributed by atoms with Crippen LogP contribution in [-0.2, 0) is 0 Å². The topological polar surface area (TPSA) is 77.7 Å². The number of benzene rings is 2. The van der Waals surface area contributed by atoms with Crippen LogP contribution < -0.4 is 16.9 Å². The number of rotatable bonds is 2. The van der Waals surface area contributed by atoms with Gasteiger partial charge in [-0.15, -0.1) is 0 Å². The van der Waals surface area contributed by atoms with Crippen LogP contribution in [0, 0.1) is 13.8 Å². The van der Waals surface area contributed by atoms with Gasteiger partial charge in [0.2, 0.25) is 5.22 Å². The van der Waals surface area contributed by atoms with Gasteiger partial charge in [0.15, 0.2) is 11.0 Å². The van der Waals surface area contributed by atoms with E-state index in [-0.39, 0.29) is 21.9 Å². The number of halogens is 1. The molecule has 0 saturated carbocycles. The minimum absolute atomic E-state index is 0.0143. The molecule has 0 atom stereocenters. The second kappa shape index (κ2) is 6.98. The normalized spacial score (nSPS) is 11.9. The largest absolute Gasteiger partial charge is 0.424 e. The molecule has 4 rings (SSSR count). The summed E-state index contributed by atoms with van der Waals surface area (Å²) in [4.78, 5) is 29.8. The van der Waals surface area contributed by atoms with E-state index >= 15 is 0 Å². The van der Waals surface area contributed by atoms with Gasteiger partial charge in [0, 0.05) is 6.07 Å².